The molecule has 0 amide bonds. The average Bonchev–Trinajstić information content (AvgIpc) is 3.55. The zero-order chi connectivity index (χ0) is 22.6. The third kappa shape index (κ3) is 3.49. The molecule has 0 saturated carbocycles. The Labute approximate surface area is 207 Å². The second kappa shape index (κ2) is 8.33. The summed E-state index contributed by atoms with van der Waals surface area (Å²) in [4.78, 5) is 27.3. The van der Waals surface area contributed by atoms with Gasteiger partial charge in [-0.25, -0.2) is 9.59 Å². The molecule has 162 valence electrons. The molecule has 5 nitrogen and oxygen atoms in total. The minimum Gasteiger partial charge on any atom is -0.420 e. The molecule has 0 unspecified atom stereocenters. The lowest BCUT2D eigenvalue weighted by molar-refractivity contribution is 0.0732. The van der Waals surface area contributed by atoms with Crippen LogP contribution in [-0.4, -0.2) is 11.9 Å². The maximum absolute atomic E-state index is 12.8. The molecular weight excluding hydrogens is 529 g/mol. The van der Waals surface area contributed by atoms with Gasteiger partial charge in [-0.3, -0.25) is 0 Å². The number of carbonyl (C=O) groups excluding carboxylic acids is 2. The van der Waals surface area contributed by atoms with Gasteiger partial charge >= 0.3 is 11.9 Å². The maximum atomic E-state index is 12.8. The highest BCUT2D eigenvalue weighted by molar-refractivity contribution is 7.25. The maximum Gasteiger partial charge on any atom is 0.353 e. The minimum atomic E-state index is -0.519. The van der Waals surface area contributed by atoms with Gasteiger partial charge in [0.1, 0.15) is 14.8 Å². The van der Waals surface area contributed by atoms with Gasteiger partial charge in [0.05, 0.1) is 30.2 Å². The predicted molar refractivity (Wildman–Crippen MR) is 135 cm³/mol. The molecule has 0 aliphatic rings. The van der Waals surface area contributed by atoms with Gasteiger partial charge < -0.3 is 15.2 Å². The molecule has 0 bridgehead atoms. The molecule has 4 aromatic heterocycles. The highest BCUT2D eigenvalue weighted by atomic mass is 35.5. The minimum absolute atomic E-state index is 0.233. The number of carbonyl (C=O) groups is 2. The second-order valence-electron chi connectivity index (χ2n) is 6.55. The van der Waals surface area contributed by atoms with Crippen molar-refractivity contribution >= 4 is 106 Å². The number of anilines is 1. The van der Waals surface area contributed by atoms with Crippen LogP contribution in [0.4, 0.5) is 5.00 Å². The zero-order valence-electron chi connectivity index (χ0n) is 16.1. The lowest BCUT2D eigenvalue weighted by Crippen LogP contribution is -2.09. The average molecular weight is 540 g/mol. The highest BCUT2D eigenvalue weighted by Gasteiger charge is 2.29. The van der Waals surface area contributed by atoms with Crippen molar-refractivity contribution in [3.63, 3.8) is 0 Å². The summed E-state index contributed by atoms with van der Waals surface area (Å²) in [5.74, 6) is -0.535. The van der Waals surface area contributed by atoms with E-state index >= 15 is 0 Å². The molecule has 4 heterocycles. The number of rotatable bonds is 4. The molecule has 1 aromatic carbocycles. The van der Waals surface area contributed by atoms with Crippen LogP contribution in [0.2, 0.25) is 10.0 Å². The van der Waals surface area contributed by atoms with Crippen molar-refractivity contribution in [2.45, 2.75) is 6.92 Å². The van der Waals surface area contributed by atoms with E-state index in [0.29, 0.717) is 40.0 Å². The van der Waals surface area contributed by atoms with E-state index in [9.17, 15) is 9.59 Å². The molecule has 0 aliphatic carbocycles. The number of esters is 2. The predicted octanol–water partition coefficient (Wildman–Crippen LogP) is 7.87. The van der Waals surface area contributed by atoms with Crippen LogP contribution < -0.4 is 15.2 Å². The van der Waals surface area contributed by atoms with Crippen LogP contribution >= 0.6 is 68.5 Å². The molecule has 32 heavy (non-hydrogen) atoms. The molecule has 0 aliphatic heterocycles. The van der Waals surface area contributed by atoms with Crippen LogP contribution in [0, 0.1) is 6.92 Å². The number of hydrogen-bond donors (Lipinski definition) is 1. The first-order chi connectivity index (χ1) is 15.4. The number of halogens is 2. The molecule has 5 aromatic rings. The Morgan fingerprint density at radius 1 is 0.844 bits per heavy atom. The molecule has 0 atom stereocenters. The summed E-state index contributed by atoms with van der Waals surface area (Å²) in [6, 6.07) is 6.88. The number of nitrogen functional groups attached to an aromatic ring is 1. The topological polar surface area (TPSA) is 78.6 Å². The summed E-state index contributed by atoms with van der Waals surface area (Å²) in [6.07, 6.45) is 0. The Bertz CT molecular complexity index is 1390. The standard InChI is InChI=1S/C21H11Cl2NO4S4/c1-8-13(22)11-15(27-20(25)9-4-2-6-29-9)18-12(14(23)19(24)32-18)16(17(11)31-8)28-21(26)10-5-3-7-30-10/h2-7H,24H2,1H3. The summed E-state index contributed by atoms with van der Waals surface area (Å²) in [5.41, 5.74) is 6.12. The third-order valence-electron chi connectivity index (χ3n) is 4.59. The molecule has 2 N–H and O–H groups in total. The summed E-state index contributed by atoms with van der Waals surface area (Å²) in [5, 5.41) is 5.44. The quantitative estimate of drug-likeness (QED) is 0.185. The highest BCUT2D eigenvalue weighted by Crippen LogP contribution is 2.56. The first kappa shape index (κ1) is 21.7. The van der Waals surface area contributed by atoms with Crippen molar-refractivity contribution in [3.05, 3.63) is 59.7 Å². The van der Waals surface area contributed by atoms with Crippen molar-refractivity contribution in [3.8, 4) is 11.5 Å². The molecule has 0 radical (unpaired) electrons. The number of ether oxygens (including phenoxy) is 2. The van der Waals surface area contributed by atoms with E-state index in [1.807, 2.05) is 6.92 Å². The molecule has 0 fully saturated rings. The Morgan fingerprint density at radius 3 is 1.84 bits per heavy atom. The summed E-state index contributed by atoms with van der Waals surface area (Å²) in [7, 11) is 0. The van der Waals surface area contributed by atoms with Crippen LogP contribution in [-0.2, 0) is 0 Å². The fourth-order valence-corrected chi connectivity index (χ4v) is 7.05. The van der Waals surface area contributed by atoms with Crippen LogP contribution in [0.15, 0.2) is 35.0 Å². The van der Waals surface area contributed by atoms with Gasteiger partial charge in [-0.15, -0.1) is 45.3 Å². The monoisotopic (exact) mass is 539 g/mol. The Morgan fingerprint density at radius 2 is 1.34 bits per heavy atom. The fraction of sp³-hybridized carbons (Fsp3) is 0.0476. The number of nitrogens with two attached hydrogens (primary N) is 1. The molecule has 11 heteroatoms. The van der Waals surface area contributed by atoms with Crippen molar-refractivity contribution in [1.29, 1.82) is 0 Å². The van der Waals surface area contributed by atoms with Crippen LogP contribution in [0.3, 0.4) is 0 Å². The van der Waals surface area contributed by atoms with Gasteiger partial charge in [-0.2, -0.15) is 0 Å². The molecule has 0 saturated heterocycles. The van der Waals surface area contributed by atoms with Crippen molar-refractivity contribution in [1.82, 2.24) is 0 Å². The number of hydrogen-bond acceptors (Lipinski definition) is 9. The lowest BCUT2D eigenvalue weighted by Gasteiger charge is -2.12. The zero-order valence-corrected chi connectivity index (χ0v) is 20.8. The van der Waals surface area contributed by atoms with Crippen molar-refractivity contribution in [2.75, 3.05) is 5.73 Å². The van der Waals surface area contributed by atoms with Crippen molar-refractivity contribution in [2.24, 2.45) is 0 Å². The number of benzene rings is 1. The van der Waals surface area contributed by atoms with Crippen LogP contribution in [0.1, 0.15) is 24.2 Å². The Kier molecular flexibility index (Phi) is 5.65. The molecule has 5 rings (SSSR count). The van der Waals surface area contributed by atoms with E-state index in [2.05, 4.69) is 0 Å². The van der Waals surface area contributed by atoms with E-state index in [-0.39, 0.29) is 16.5 Å². The Balaban J connectivity index is 1.78. The van der Waals surface area contributed by atoms with E-state index in [4.69, 9.17) is 38.4 Å². The second-order valence-corrected chi connectivity index (χ2v) is 11.5. The number of fused-ring (bicyclic) bond motifs is 2. The summed E-state index contributed by atoms with van der Waals surface area (Å²) >= 11 is 18.2. The van der Waals surface area contributed by atoms with Crippen LogP contribution in [0.5, 0.6) is 11.5 Å². The van der Waals surface area contributed by atoms with Gasteiger partial charge in [0.15, 0.2) is 11.5 Å². The third-order valence-corrected chi connectivity index (χ3v) is 9.50. The van der Waals surface area contributed by atoms with Gasteiger partial charge in [-0.1, -0.05) is 35.3 Å². The van der Waals surface area contributed by atoms with E-state index in [1.54, 1.807) is 35.0 Å². The van der Waals surface area contributed by atoms with E-state index < -0.39 is 11.9 Å². The molecular formula is C21H11Cl2NO4S4. The smallest absolute Gasteiger partial charge is 0.353 e. The lowest BCUT2D eigenvalue weighted by atomic mass is 10.1. The SMILES string of the molecule is Cc1sc2c(OC(=O)c3cccs3)c3c(Cl)c(N)sc3c(OC(=O)c3cccs3)c2c1Cl. The first-order valence-corrected chi connectivity index (χ1v) is 13.1. The van der Waals surface area contributed by atoms with Gasteiger partial charge in [0.25, 0.3) is 0 Å². The van der Waals surface area contributed by atoms with E-state index in [1.165, 1.54) is 34.0 Å². The van der Waals surface area contributed by atoms with Gasteiger partial charge in [-0.05, 0) is 29.8 Å². The fourth-order valence-electron chi connectivity index (χ4n) is 3.18. The van der Waals surface area contributed by atoms with Crippen LogP contribution in [0.25, 0.3) is 20.2 Å². The van der Waals surface area contributed by atoms with Crippen molar-refractivity contribution < 1.29 is 19.1 Å². The Hall–Kier alpha value is -2.14. The van der Waals surface area contributed by atoms with E-state index in [0.717, 1.165) is 16.2 Å². The summed E-state index contributed by atoms with van der Waals surface area (Å²) < 4.78 is 12.7. The largest absolute Gasteiger partial charge is 0.420 e. The first-order valence-electron chi connectivity index (χ1n) is 9.00. The van der Waals surface area contributed by atoms with Gasteiger partial charge in [0.2, 0.25) is 0 Å². The molecule has 0 spiro atoms. The normalized spacial score (nSPS) is 11.3. The summed E-state index contributed by atoms with van der Waals surface area (Å²) in [6.45, 7) is 1.84. The number of thiophene rings is 4. The van der Waals surface area contributed by atoms with Gasteiger partial charge in [0, 0.05) is 4.88 Å². The number of aryl methyl sites for hydroxylation is 1.